The van der Waals surface area contributed by atoms with Crippen molar-refractivity contribution in [2.45, 2.75) is 0 Å². The molecule has 0 spiro atoms. The van der Waals surface area contributed by atoms with Crippen LogP contribution in [0.4, 0.5) is 11.5 Å². The molecule has 3 aromatic rings. The smallest absolute Gasteiger partial charge is 0.143 e. The second kappa shape index (κ2) is 5.91. The van der Waals surface area contributed by atoms with Crippen LogP contribution in [0, 0.1) is 0 Å². The molecule has 0 unspecified atom stereocenters. The predicted molar refractivity (Wildman–Crippen MR) is 93.6 cm³/mol. The first-order chi connectivity index (χ1) is 11.0. The zero-order valence-electron chi connectivity index (χ0n) is 11.8. The first-order valence-corrected chi connectivity index (χ1v) is 7.33. The summed E-state index contributed by atoms with van der Waals surface area (Å²) in [5.74, 6) is 1.45. The largest absolute Gasteiger partial charge is 0.457 e. The molecule has 0 aliphatic heterocycles. The number of nitrogens with one attached hydrogen (secondary N) is 1. The number of nitrogens with two attached hydrogens (primary N) is 3. The Morgan fingerprint density at radius 3 is 2.57 bits per heavy atom. The molecule has 3 rings (SSSR count). The first kappa shape index (κ1) is 15.3. The Morgan fingerprint density at radius 1 is 1.13 bits per heavy atom. The van der Waals surface area contributed by atoms with Crippen LogP contribution in [0.5, 0.6) is 0 Å². The molecule has 0 saturated carbocycles. The number of H-pyrrole nitrogens is 1. The van der Waals surface area contributed by atoms with E-state index in [0.29, 0.717) is 38.6 Å². The number of nitrogens with zero attached hydrogens (tertiary/aromatic N) is 1. The number of nitrogen functional groups attached to an aromatic ring is 2. The Balaban J connectivity index is 1.91. The van der Waals surface area contributed by atoms with Gasteiger partial charge in [0.05, 0.1) is 15.7 Å². The summed E-state index contributed by atoms with van der Waals surface area (Å²) in [6.07, 6.45) is 1.62. The molecule has 2 aromatic heterocycles. The van der Waals surface area contributed by atoms with Crippen molar-refractivity contribution in [1.29, 1.82) is 0 Å². The van der Waals surface area contributed by atoms with Crippen LogP contribution >= 0.6 is 23.2 Å². The maximum atomic E-state index is 6.01. The van der Waals surface area contributed by atoms with Crippen molar-refractivity contribution in [1.82, 2.24) is 10.2 Å². The van der Waals surface area contributed by atoms with Gasteiger partial charge in [0.25, 0.3) is 0 Å². The molecule has 0 radical (unpaired) electrons. The van der Waals surface area contributed by atoms with E-state index in [1.165, 1.54) is 0 Å². The fraction of sp³-hybridized carbons (Fsp3) is 0. The van der Waals surface area contributed by atoms with Crippen LogP contribution in [0.25, 0.3) is 23.1 Å². The highest BCUT2D eigenvalue weighted by atomic mass is 35.5. The quantitative estimate of drug-likeness (QED) is 0.575. The van der Waals surface area contributed by atoms with Crippen LogP contribution < -0.4 is 17.2 Å². The number of benzene rings is 1. The van der Waals surface area contributed by atoms with E-state index in [4.69, 9.17) is 44.8 Å². The molecule has 7 N–H and O–H groups in total. The van der Waals surface area contributed by atoms with E-state index in [-0.39, 0.29) is 5.82 Å². The lowest BCUT2D eigenvalue weighted by atomic mass is 10.2. The number of aromatic nitrogens is 2. The molecular weight excluding hydrogens is 337 g/mol. The lowest BCUT2D eigenvalue weighted by Crippen LogP contribution is -2.00. The van der Waals surface area contributed by atoms with E-state index in [1.54, 1.807) is 30.3 Å². The predicted octanol–water partition coefficient (Wildman–Crippen LogP) is 3.60. The van der Waals surface area contributed by atoms with Gasteiger partial charge in [0, 0.05) is 11.6 Å². The van der Waals surface area contributed by atoms with E-state index < -0.39 is 0 Å². The van der Waals surface area contributed by atoms with E-state index in [9.17, 15) is 0 Å². The van der Waals surface area contributed by atoms with Crippen LogP contribution in [0.15, 0.2) is 34.7 Å². The summed E-state index contributed by atoms with van der Waals surface area (Å²) in [7, 11) is 0. The van der Waals surface area contributed by atoms with Gasteiger partial charge in [-0.15, -0.1) is 0 Å². The average molecular weight is 350 g/mol. The summed E-state index contributed by atoms with van der Waals surface area (Å²) in [4.78, 5) is 0. The number of hydrogen-bond acceptors (Lipinski definition) is 5. The van der Waals surface area contributed by atoms with Crippen molar-refractivity contribution in [2.24, 2.45) is 5.73 Å². The van der Waals surface area contributed by atoms with Crippen LogP contribution in [0.3, 0.4) is 0 Å². The Labute approximate surface area is 141 Å². The number of hydrogen-bond donors (Lipinski definition) is 4. The minimum Gasteiger partial charge on any atom is -0.457 e. The fourth-order valence-corrected chi connectivity index (χ4v) is 2.34. The van der Waals surface area contributed by atoms with Crippen molar-refractivity contribution in [3.05, 3.63) is 51.8 Å². The highest BCUT2D eigenvalue weighted by Gasteiger charge is 2.11. The summed E-state index contributed by atoms with van der Waals surface area (Å²) >= 11 is 11.9. The Morgan fingerprint density at radius 2 is 1.91 bits per heavy atom. The number of anilines is 2. The minimum absolute atomic E-state index is 0.271. The second-order valence-corrected chi connectivity index (χ2v) is 5.64. The highest BCUT2D eigenvalue weighted by Crippen LogP contribution is 2.30. The molecule has 0 fully saturated rings. The van der Waals surface area contributed by atoms with E-state index >= 15 is 0 Å². The number of aromatic amines is 1. The zero-order valence-corrected chi connectivity index (χ0v) is 13.3. The lowest BCUT2D eigenvalue weighted by molar-refractivity contribution is 0.572. The van der Waals surface area contributed by atoms with Gasteiger partial charge in [-0.1, -0.05) is 23.2 Å². The van der Waals surface area contributed by atoms with Gasteiger partial charge in [-0.2, -0.15) is 5.10 Å². The lowest BCUT2D eigenvalue weighted by Gasteiger charge is -2.00. The number of rotatable bonds is 3. The standard InChI is InChI=1S/C15H13Cl2N5O/c16-9-3-1-7(5-10(9)17)12-4-2-8(23-12)6-11(18)14-13(19)15(20)22-21-14/h1-6H,18-19H2,(H3,20,21,22)/b11-6+. The second-order valence-electron chi connectivity index (χ2n) is 4.83. The summed E-state index contributed by atoms with van der Waals surface area (Å²) in [5.41, 5.74) is 19.2. The molecule has 6 nitrogen and oxygen atoms in total. The van der Waals surface area contributed by atoms with Gasteiger partial charge in [0.1, 0.15) is 28.7 Å². The zero-order chi connectivity index (χ0) is 16.6. The Kier molecular flexibility index (Phi) is 3.94. The van der Waals surface area contributed by atoms with Crippen LogP contribution in [0.2, 0.25) is 10.0 Å². The van der Waals surface area contributed by atoms with Crippen molar-refractivity contribution in [2.75, 3.05) is 11.5 Å². The molecule has 0 amide bonds. The average Bonchev–Trinajstić information content (AvgIpc) is 3.10. The molecule has 0 bridgehead atoms. The maximum absolute atomic E-state index is 6.01. The molecule has 118 valence electrons. The van der Waals surface area contributed by atoms with Crippen molar-refractivity contribution < 1.29 is 4.42 Å². The molecule has 8 heteroatoms. The van der Waals surface area contributed by atoms with E-state index in [2.05, 4.69) is 10.2 Å². The molecule has 0 aliphatic rings. The third-order valence-corrected chi connectivity index (χ3v) is 3.97. The summed E-state index contributed by atoms with van der Waals surface area (Å²) < 4.78 is 5.74. The monoisotopic (exact) mass is 349 g/mol. The van der Waals surface area contributed by atoms with Gasteiger partial charge in [-0.3, -0.25) is 5.10 Å². The van der Waals surface area contributed by atoms with Crippen LogP contribution in [-0.4, -0.2) is 10.2 Å². The number of halogens is 2. The summed E-state index contributed by atoms with van der Waals surface area (Å²) in [6.45, 7) is 0. The minimum atomic E-state index is 0.271. The molecule has 0 atom stereocenters. The van der Waals surface area contributed by atoms with Gasteiger partial charge >= 0.3 is 0 Å². The van der Waals surface area contributed by atoms with Crippen molar-refractivity contribution >= 4 is 46.5 Å². The third-order valence-electron chi connectivity index (χ3n) is 3.24. The van der Waals surface area contributed by atoms with Crippen molar-refractivity contribution in [3.8, 4) is 11.3 Å². The summed E-state index contributed by atoms with van der Waals surface area (Å²) in [5, 5.41) is 7.47. The van der Waals surface area contributed by atoms with Gasteiger partial charge in [0.15, 0.2) is 0 Å². The third kappa shape index (κ3) is 2.99. The molecular formula is C15H13Cl2N5O. The first-order valence-electron chi connectivity index (χ1n) is 6.58. The SMILES string of the molecule is N/C(=C/c1ccc(-c2ccc(Cl)c(Cl)c2)o1)c1n[nH]c(N)c1N. The van der Waals surface area contributed by atoms with Crippen LogP contribution in [-0.2, 0) is 0 Å². The Bertz CT molecular complexity index is 897. The molecule has 0 saturated heterocycles. The van der Waals surface area contributed by atoms with Gasteiger partial charge < -0.3 is 21.6 Å². The van der Waals surface area contributed by atoms with Crippen molar-refractivity contribution in [3.63, 3.8) is 0 Å². The summed E-state index contributed by atoms with van der Waals surface area (Å²) in [6, 6.07) is 8.83. The maximum Gasteiger partial charge on any atom is 0.143 e. The fourth-order valence-electron chi connectivity index (χ4n) is 2.04. The molecule has 0 aliphatic carbocycles. The molecule has 1 aromatic carbocycles. The highest BCUT2D eigenvalue weighted by molar-refractivity contribution is 6.42. The van der Waals surface area contributed by atoms with Gasteiger partial charge in [0.2, 0.25) is 0 Å². The topological polar surface area (TPSA) is 120 Å². The molecule has 2 heterocycles. The molecule has 23 heavy (non-hydrogen) atoms. The van der Waals surface area contributed by atoms with E-state index in [0.717, 1.165) is 5.56 Å². The Hall–Kier alpha value is -2.57. The number of furan rings is 1. The van der Waals surface area contributed by atoms with Gasteiger partial charge in [-0.05, 0) is 30.3 Å². The van der Waals surface area contributed by atoms with Crippen LogP contribution in [0.1, 0.15) is 11.5 Å². The van der Waals surface area contributed by atoms with Gasteiger partial charge in [-0.25, -0.2) is 0 Å². The normalized spacial score (nSPS) is 11.8. The van der Waals surface area contributed by atoms with E-state index in [1.807, 2.05) is 6.07 Å².